The Morgan fingerprint density at radius 3 is 2.29 bits per heavy atom. The molecule has 1 aromatic rings. The third-order valence-corrected chi connectivity index (χ3v) is 4.44. The van der Waals surface area contributed by atoms with Crippen molar-refractivity contribution in [3.05, 3.63) is 28.2 Å². The second-order valence-electron chi connectivity index (χ2n) is 5.42. The Kier molecular flexibility index (Phi) is 4.79. The molecule has 0 radical (unpaired) electrons. The van der Waals surface area contributed by atoms with Gasteiger partial charge in [-0.25, -0.2) is 0 Å². The molecule has 2 N–H and O–H groups in total. The molecule has 1 unspecified atom stereocenters. The van der Waals surface area contributed by atoms with Crippen LogP contribution >= 0.6 is 23.2 Å². The maximum atomic E-state index is 12.4. The molecular formula is C15H18Cl2N2O2. The first kappa shape index (κ1) is 16.1. The zero-order chi connectivity index (χ0) is 15.6. The van der Waals surface area contributed by atoms with Crippen molar-refractivity contribution < 1.29 is 9.59 Å². The van der Waals surface area contributed by atoms with E-state index in [4.69, 9.17) is 23.2 Å². The van der Waals surface area contributed by atoms with Crippen molar-refractivity contribution in [2.45, 2.75) is 39.2 Å². The molecule has 1 aliphatic rings. The van der Waals surface area contributed by atoms with Crippen molar-refractivity contribution >= 4 is 40.7 Å². The molecule has 2 rings (SSSR count). The van der Waals surface area contributed by atoms with E-state index >= 15 is 0 Å². The van der Waals surface area contributed by atoms with E-state index in [0.29, 0.717) is 28.6 Å². The Labute approximate surface area is 134 Å². The van der Waals surface area contributed by atoms with Crippen LogP contribution in [0.5, 0.6) is 0 Å². The molecule has 0 saturated heterocycles. The lowest BCUT2D eigenvalue weighted by Crippen LogP contribution is -2.43. The number of hydrogen-bond acceptors (Lipinski definition) is 2. The maximum Gasteiger partial charge on any atom is 0.240 e. The average molecular weight is 329 g/mol. The lowest BCUT2D eigenvalue weighted by Gasteiger charge is -2.19. The summed E-state index contributed by atoms with van der Waals surface area (Å²) < 4.78 is 0. The molecule has 1 aromatic carbocycles. The van der Waals surface area contributed by atoms with Crippen LogP contribution in [0.2, 0.25) is 10.0 Å². The van der Waals surface area contributed by atoms with Gasteiger partial charge in [0, 0.05) is 6.04 Å². The fraction of sp³-hybridized carbons (Fsp3) is 0.467. The number of rotatable bonds is 5. The van der Waals surface area contributed by atoms with E-state index < -0.39 is 5.41 Å². The number of anilines is 1. The molecule has 1 saturated carbocycles. The highest BCUT2D eigenvalue weighted by Crippen LogP contribution is 2.47. The summed E-state index contributed by atoms with van der Waals surface area (Å²) in [5, 5.41) is 6.26. The Morgan fingerprint density at radius 2 is 1.81 bits per heavy atom. The van der Waals surface area contributed by atoms with Gasteiger partial charge >= 0.3 is 0 Å². The predicted molar refractivity (Wildman–Crippen MR) is 84.7 cm³/mol. The lowest BCUT2D eigenvalue weighted by molar-refractivity contribution is -0.134. The molecule has 1 fully saturated rings. The van der Waals surface area contributed by atoms with Crippen LogP contribution in [0.3, 0.4) is 0 Å². The van der Waals surface area contributed by atoms with Crippen molar-refractivity contribution in [3.63, 3.8) is 0 Å². The molecule has 1 aliphatic carbocycles. The van der Waals surface area contributed by atoms with Gasteiger partial charge in [0.2, 0.25) is 11.8 Å². The summed E-state index contributed by atoms with van der Waals surface area (Å²) >= 11 is 12.1. The van der Waals surface area contributed by atoms with Gasteiger partial charge in [0.25, 0.3) is 0 Å². The van der Waals surface area contributed by atoms with E-state index in [2.05, 4.69) is 10.6 Å². The normalized spacial score (nSPS) is 17.0. The number of benzene rings is 1. The van der Waals surface area contributed by atoms with Crippen molar-refractivity contribution in [3.8, 4) is 0 Å². The van der Waals surface area contributed by atoms with E-state index in [-0.39, 0.29) is 17.9 Å². The van der Waals surface area contributed by atoms with Crippen LogP contribution in [0.4, 0.5) is 5.69 Å². The lowest BCUT2D eigenvalue weighted by atomic mass is 10.0. The molecule has 6 heteroatoms. The molecule has 1 atom stereocenters. The minimum Gasteiger partial charge on any atom is -0.353 e. The van der Waals surface area contributed by atoms with Crippen molar-refractivity contribution in [2.75, 3.05) is 5.32 Å². The summed E-state index contributed by atoms with van der Waals surface area (Å²) in [6.07, 6.45) is 1.91. The standard InChI is InChI=1S/C15H18Cl2N2O2/c1-3-9(2)18-13(20)15(7-8-15)14(21)19-12-10(16)5-4-6-11(12)17/h4-6,9H,3,7-8H2,1-2H3,(H,18,20)(H,19,21). The topological polar surface area (TPSA) is 58.2 Å². The molecule has 2 amide bonds. The minimum absolute atomic E-state index is 0.0478. The van der Waals surface area contributed by atoms with Gasteiger partial charge in [0.1, 0.15) is 5.41 Å². The second kappa shape index (κ2) is 6.24. The van der Waals surface area contributed by atoms with Gasteiger partial charge in [-0.1, -0.05) is 36.2 Å². The number of hydrogen-bond donors (Lipinski definition) is 2. The van der Waals surface area contributed by atoms with Gasteiger partial charge in [0.05, 0.1) is 15.7 Å². The molecule has 0 aromatic heterocycles. The highest BCUT2D eigenvalue weighted by atomic mass is 35.5. The van der Waals surface area contributed by atoms with Gasteiger partial charge in [0.15, 0.2) is 0 Å². The minimum atomic E-state index is -0.980. The van der Waals surface area contributed by atoms with E-state index in [9.17, 15) is 9.59 Å². The number of carbonyl (C=O) groups excluding carboxylic acids is 2. The number of halogens is 2. The van der Waals surface area contributed by atoms with Crippen LogP contribution in [0.15, 0.2) is 18.2 Å². The Bertz CT molecular complexity index is 551. The number of amides is 2. The molecule has 0 spiro atoms. The van der Waals surface area contributed by atoms with Crippen LogP contribution in [-0.2, 0) is 9.59 Å². The first-order chi connectivity index (χ1) is 9.90. The molecule has 114 valence electrons. The average Bonchev–Trinajstić information content (AvgIpc) is 3.24. The summed E-state index contributed by atoms with van der Waals surface area (Å²) in [5.74, 6) is -0.573. The molecule has 21 heavy (non-hydrogen) atoms. The SMILES string of the molecule is CCC(C)NC(=O)C1(C(=O)Nc2c(Cl)cccc2Cl)CC1. The summed E-state index contributed by atoms with van der Waals surface area (Å²) in [6, 6.07) is 5.03. The quantitative estimate of drug-likeness (QED) is 0.811. The molecule has 4 nitrogen and oxygen atoms in total. The summed E-state index contributed by atoms with van der Waals surface area (Å²) in [5.41, 5.74) is -0.625. The zero-order valence-electron chi connectivity index (χ0n) is 12.0. The second-order valence-corrected chi connectivity index (χ2v) is 6.23. The summed E-state index contributed by atoms with van der Waals surface area (Å²) in [6.45, 7) is 3.89. The summed E-state index contributed by atoms with van der Waals surface area (Å²) in [7, 11) is 0. The summed E-state index contributed by atoms with van der Waals surface area (Å²) in [4.78, 5) is 24.7. The van der Waals surface area contributed by atoms with Crippen LogP contribution in [0, 0.1) is 5.41 Å². The van der Waals surface area contributed by atoms with E-state index in [0.717, 1.165) is 6.42 Å². The van der Waals surface area contributed by atoms with Crippen molar-refractivity contribution in [2.24, 2.45) is 5.41 Å². The van der Waals surface area contributed by atoms with Crippen LogP contribution in [0.25, 0.3) is 0 Å². The number of para-hydroxylation sites is 1. The Morgan fingerprint density at radius 1 is 1.24 bits per heavy atom. The third-order valence-electron chi connectivity index (χ3n) is 3.81. The Balaban J connectivity index is 2.11. The number of nitrogens with one attached hydrogen (secondary N) is 2. The van der Waals surface area contributed by atoms with Gasteiger partial charge in [-0.15, -0.1) is 0 Å². The monoisotopic (exact) mass is 328 g/mol. The largest absolute Gasteiger partial charge is 0.353 e. The van der Waals surface area contributed by atoms with Crippen LogP contribution in [-0.4, -0.2) is 17.9 Å². The fourth-order valence-corrected chi connectivity index (χ4v) is 2.49. The van der Waals surface area contributed by atoms with Crippen molar-refractivity contribution in [1.29, 1.82) is 0 Å². The van der Waals surface area contributed by atoms with Gasteiger partial charge in [-0.05, 0) is 38.3 Å². The number of carbonyl (C=O) groups is 2. The third kappa shape index (κ3) is 3.33. The first-order valence-corrected chi connectivity index (χ1v) is 7.72. The molecular weight excluding hydrogens is 311 g/mol. The molecule has 0 bridgehead atoms. The first-order valence-electron chi connectivity index (χ1n) is 6.97. The smallest absolute Gasteiger partial charge is 0.240 e. The zero-order valence-corrected chi connectivity index (χ0v) is 13.5. The van der Waals surface area contributed by atoms with Gasteiger partial charge < -0.3 is 10.6 Å². The molecule has 0 heterocycles. The molecule has 0 aliphatic heterocycles. The van der Waals surface area contributed by atoms with E-state index in [1.54, 1.807) is 18.2 Å². The highest BCUT2D eigenvalue weighted by Gasteiger charge is 2.56. The van der Waals surface area contributed by atoms with Gasteiger partial charge in [-0.3, -0.25) is 9.59 Å². The fourth-order valence-electron chi connectivity index (χ4n) is 2.00. The van der Waals surface area contributed by atoms with E-state index in [1.165, 1.54) is 0 Å². The van der Waals surface area contributed by atoms with Crippen LogP contribution < -0.4 is 10.6 Å². The maximum absolute atomic E-state index is 12.4. The van der Waals surface area contributed by atoms with Gasteiger partial charge in [-0.2, -0.15) is 0 Å². The van der Waals surface area contributed by atoms with Crippen molar-refractivity contribution in [1.82, 2.24) is 5.32 Å². The Hall–Kier alpha value is -1.26. The van der Waals surface area contributed by atoms with Crippen LogP contribution in [0.1, 0.15) is 33.1 Å². The predicted octanol–water partition coefficient (Wildman–Crippen LogP) is 3.63. The van der Waals surface area contributed by atoms with E-state index in [1.807, 2.05) is 13.8 Å². The highest BCUT2D eigenvalue weighted by molar-refractivity contribution is 6.40.